The Hall–Kier alpha value is -1.99. The molecule has 1 N–H and O–H groups in total. The van der Waals surface area contributed by atoms with Gasteiger partial charge in [0.1, 0.15) is 18.5 Å². The largest absolute Gasteiger partial charge is 0.491 e. The molecule has 2 aliphatic heterocycles. The lowest BCUT2D eigenvalue weighted by molar-refractivity contribution is 0.0446. The van der Waals surface area contributed by atoms with Crippen molar-refractivity contribution >= 4 is 12.4 Å². The van der Waals surface area contributed by atoms with Gasteiger partial charge in [-0.25, -0.2) is 0 Å². The highest BCUT2D eigenvalue weighted by atomic mass is 35.5. The topological polar surface area (TPSA) is 54.4 Å². The molecule has 0 radical (unpaired) electrons. The third-order valence-electron chi connectivity index (χ3n) is 4.96. The molecule has 1 atom stereocenters. The van der Waals surface area contributed by atoms with E-state index in [0.717, 1.165) is 50.0 Å². The molecule has 28 heavy (non-hydrogen) atoms. The average molecular weight is 407 g/mol. The second-order valence-electron chi connectivity index (χ2n) is 7.04. The van der Waals surface area contributed by atoms with Gasteiger partial charge < -0.3 is 19.3 Å². The fourth-order valence-corrected chi connectivity index (χ4v) is 3.49. The number of hydrogen-bond donors (Lipinski definition) is 1. The van der Waals surface area contributed by atoms with Gasteiger partial charge in [-0.2, -0.15) is 0 Å². The van der Waals surface area contributed by atoms with Crippen molar-refractivity contribution in [3.8, 4) is 17.2 Å². The van der Waals surface area contributed by atoms with Crippen LogP contribution in [0.1, 0.15) is 5.56 Å². The number of piperazine rings is 1. The fourth-order valence-electron chi connectivity index (χ4n) is 3.49. The third kappa shape index (κ3) is 5.52. The van der Waals surface area contributed by atoms with E-state index in [1.54, 1.807) is 0 Å². The van der Waals surface area contributed by atoms with Crippen LogP contribution in [0, 0.1) is 0 Å². The first-order chi connectivity index (χ1) is 13.3. The Morgan fingerprint density at radius 3 is 2.43 bits per heavy atom. The molecule has 6 nitrogen and oxygen atoms in total. The quantitative estimate of drug-likeness (QED) is 0.762. The molecule has 1 unspecified atom stereocenters. The Labute approximate surface area is 172 Å². The van der Waals surface area contributed by atoms with Gasteiger partial charge in [-0.1, -0.05) is 24.3 Å². The first-order valence-corrected chi connectivity index (χ1v) is 9.45. The molecule has 152 valence electrons. The number of aliphatic hydroxyl groups is 1. The van der Waals surface area contributed by atoms with Crippen LogP contribution in [0.25, 0.3) is 0 Å². The van der Waals surface area contributed by atoms with E-state index in [1.807, 2.05) is 36.4 Å². The summed E-state index contributed by atoms with van der Waals surface area (Å²) in [5.74, 6) is 2.47. The number of rotatable bonds is 7. The zero-order valence-corrected chi connectivity index (χ0v) is 16.6. The summed E-state index contributed by atoms with van der Waals surface area (Å²) in [5.41, 5.74) is 1.24. The van der Waals surface area contributed by atoms with Gasteiger partial charge in [0.15, 0.2) is 11.5 Å². The fraction of sp³-hybridized carbons (Fsp3) is 0.429. The van der Waals surface area contributed by atoms with Crippen molar-refractivity contribution in [2.24, 2.45) is 0 Å². The lowest BCUT2D eigenvalue weighted by Crippen LogP contribution is -2.48. The average Bonchev–Trinajstić information content (AvgIpc) is 3.17. The van der Waals surface area contributed by atoms with Gasteiger partial charge in [-0.05, 0) is 29.8 Å². The molecule has 1 fully saturated rings. The van der Waals surface area contributed by atoms with Crippen molar-refractivity contribution in [2.75, 3.05) is 46.1 Å². The highest BCUT2D eigenvalue weighted by molar-refractivity contribution is 5.85. The maximum atomic E-state index is 10.2. The Kier molecular flexibility index (Phi) is 7.39. The molecule has 2 aromatic carbocycles. The van der Waals surface area contributed by atoms with Crippen LogP contribution >= 0.6 is 12.4 Å². The van der Waals surface area contributed by atoms with Gasteiger partial charge in [-0.15, -0.1) is 12.4 Å². The Morgan fingerprint density at radius 2 is 1.64 bits per heavy atom. The van der Waals surface area contributed by atoms with Crippen LogP contribution < -0.4 is 14.2 Å². The number of para-hydroxylation sites is 1. The van der Waals surface area contributed by atoms with Crippen molar-refractivity contribution < 1.29 is 19.3 Å². The van der Waals surface area contributed by atoms with Crippen LogP contribution in [0.4, 0.5) is 0 Å². The summed E-state index contributed by atoms with van der Waals surface area (Å²) in [6, 6.07) is 15.8. The van der Waals surface area contributed by atoms with Crippen molar-refractivity contribution in [1.82, 2.24) is 9.80 Å². The van der Waals surface area contributed by atoms with Crippen molar-refractivity contribution in [3.63, 3.8) is 0 Å². The minimum atomic E-state index is -0.481. The SMILES string of the molecule is Cl.OC(COc1ccccc1)CN1CCN(Cc2ccc3c(c2)OCO3)CC1. The molecule has 0 amide bonds. The monoisotopic (exact) mass is 406 g/mol. The zero-order valence-electron chi connectivity index (χ0n) is 15.8. The van der Waals surface area contributed by atoms with E-state index in [9.17, 15) is 5.11 Å². The maximum Gasteiger partial charge on any atom is 0.231 e. The summed E-state index contributed by atoms with van der Waals surface area (Å²) < 4.78 is 16.5. The van der Waals surface area contributed by atoms with Crippen LogP contribution in [-0.2, 0) is 6.54 Å². The van der Waals surface area contributed by atoms with E-state index in [0.29, 0.717) is 19.9 Å². The number of β-amino-alcohol motifs (C(OH)–C–C–N with tert-alkyl or cyclic N) is 1. The molecule has 4 rings (SSSR count). The van der Waals surface area contributed by atoms with Gasteiger partial charge >= 0.3 is 0 Å². The zero-order chi connectivity index (χ0) is 18.5. The van der Waals surface area contributed by atoms with Gasteiger partial charge in [0.05, 0.1) is 0 Å². The third-order valence-corrected chi connectivity index (χ3v) is 4.96. The van der Waals surface area contributed by atoms with E-state index in [2.05, 4.69) is 21.9 Å². The molecule has 1 saturated heterocycles. The number of aliphatic hydroxyl groups excluding tert-OH is 1. The predicted molar refractivity (Wildman–Crippen MR) is 109 cm³/mol. The van der Waals surface area contributed by atoms with E-state index < -0.39 is 6.10 Å². The van der Waals surface area contributed by atoms with Crippen molar-refractivity contribution in [2.45, 2.75) is 12.6 Å². The smallest absolute Gasteiger partial charge is 0.231 e. The normalized spacial score (nSPS) is 17.8. The number of fused-ring (bicyclic) bond motifs is 1. The van der Waals surface area contributed by atoms with Gasteiger partial charge in [0.25, 0.3) is 0 Å². The molecule has 0 saturated carbocycles. The lowest BCUT2D eigenvalue weighted by atomic mass is 10.1. The Balaban J connectivity index is 0.00000225. The molecule has 0 spiro atoms. The molecule has 2 aliphatic rings. The Bertz CT molecular complexity index is 738. The van der Waals surface area contributed by atoms with Crippen molar-refractivity contribution in [3.05, 3.63) is 54.1 Å². The summed E-state index contributed by atoms with van der Waals surface area (Å²) in [6.07, 6.45) is -0.481. The molecule has 0 aromatic heterocycles. The van der Waals surface area contributed by atoms with Crippen LogP contribution in [0.2, 0.25) is 0 Å². The second-order valence-corrected chi connectivity index (χ2v) is 7.04. The highest BCUT2D eigenvalue weighted by Gasteiger charge is 2.20. The minimum Gasteiger partial charge on any atom is -0.491 e. The van der Waals surface area contributed by atoms with Gasteiger partial charge in [-0.3, -0.25) is 9.80 Å². The van der Waals surface area contributed by atoms with E-state index in [4.69, 9.17) is 14.2 Å². The predicted octanol–water partition coefficient (Wildman–Crippen LogP) is 2.39. The van der Waals surface area contributed by atoms with Crippen molar-refractivity contribution in [1.29, 1.82) is 0 Å². The van der Waals surface area contributed by atoms with E-state index >= 15 is 0 Å². The lowest BCUT2D eigenvalue weighted by Gasteiger charge is -2.35. The van der Waals surface area contributed by atoms with Gasteiger partial charge in [0.2, 0.25) is 6.79 Å². The minimum absolute atomic E-state index is 0. The van der Waals surface area contributed by atoms with E-state index in [-0.39, 0.29) is 12.4 Å². The molecule has 2 aromatic rings. The summed E-state index contributed by atoms with van der Waals surface area (Å²) in [4.78, 5) is 4.73. The number of benzene rings is 2. The first kappa shape index (κ1) is 20.7. The number of ether oxygens (including phenoxy) is 3. The molecular weight excluding hydrogens is 380 g/mol. The van der Waals surface area contributed by atoms with Crippen LogP contribution in [0.3, 0.4) is 0 Å². The standard InChI is InChI=1S/C21H26N2O4.ClH/c24-18(15-25-19-4-2-1-3-5-19)14-23-10-8-22(9-11-23)13-17-6-7-20-21(12-17)27-16-26-20;/h1-7,12,18,24H,8-11,13-16H2;1H. The Morgan fingerprint density at radius 1 is 0.929 bits per heavy atom. The molecule has 2 heterocycles. The summed E-state index contributed by atoms with van der Waals surface area (Å²) in [7, 11) is 0. The number of hydrogen-bond acceptors (Lipinski definition) is 6. The van der Waals surface area contributed by atoms with Crippen LogP contribution in [-0.4, -0.2) is 67.1 Å². The second kappa shape index (κ2) is 9.98. The summed E-state index contributed by atoms with van der Waals surface area (Å²) in [6.45, 7) is 6.06. The first-order valence-electron chi connectivity index (χ1n) is 9.45. The molecule has 0 aliphatic carbocycles. The van der Waals surface area contributed by atoms with Crippen LogP contribution in [0.5, 0.6) is 17.2 Å². The summed E-state index contributed by atoms with van der Waals surface area (Å²) >= 11 is 0. The molecular formula is C21H27ClN2O4. The van der Waals surface area contributed by atoms with Gasteiger partial charge in [0, 0.05) is 39.3 Å². The highest BCUT2D eigenvalue weighted by Crippen LogP contribution is 2.32. The molecule has 0 bridgehead atoms. The number of halogens is 1. The number of nitrogens with zero attached hydrogens (tertiary/aromatic N) is 2. The summed E-state index contributed by atoms with van der Waals surface area (Å²) in [5, 5.41) is 10.2. The molecule has 7 heteroatoms. The maximum absolute atomic E-state index is 10.2. The van der Waals surface area contributed by atoms with E-state index in [1.165, 1.54) is 5.56 Å². The van der Waals surface area contributed by atoms with Crippen LogP contribution in [0.15, 0.2) is 48.5 Å².